The monoisotopic (exact) mass is 229 g/mol. The van der Waals surface area contributed by atoms with Crippen molar-refractivity contribution in [2.24, 2.45) is 0 Å². The molecule has 0 aromatic carbocycles. The first-order chi connectivity index (χ1) is 7.33. The maximum absolute atomic E-state index is 10.9. The molecule has 0 aliphatic carbocycles. The second-order valence-corrected chi connectivity index (χ2v) is 4.63. The summed E-state index contributed by atoms with van der Waals surface area (Å²) in [6.45, 7) is 8.41. The molecule has 0 spiro atoms. The molecular formula is C11H19NO2S. The number of morpholine rings is 1. The van der Waals surface area contributed by atoms with Gasteiger partial charge in [-0.2, -0.15) is 0 Å². The highest BCUT2D eigenvalue weighted by Gasteiger charge is 2.08. The van der Waals surface area contributed by atoms with Crippen LogP contribution in [0.1, 0.15) is 12.8 Å². The molecule has 15 heavy (non-hydrogen) atoms. The summed E-state index contributed by atoms with van der Waals surface area (Å²) in [6, 6.07) is 0. The molecule has 0 radical (unpaired) electrons. The van der Waals surface area contributed by atoms with Crippen molar-refractivity contribution in [3.05, 3.63) is 12.7 Å². The minimum absolute atomic E-state index is 0.0846. The molecule has 1 fully saturated rings. The minimum atomic E-state index is 0.0846. The fourth-order valence-corrected chi connectivity index (χ4v) is 2.16. The Morgan fingerprint density at radius 3 is 2.80 bits per heavy atom. The summed E-state index contributed by atoms with van der Waals surface area (Å²) < 4.78 is 5.27. The third-order valence-electron chi connectivity index (χ3n) is 2.38. The largest absolute Gasteiger partial charge is 0.379 e. The van der Waals surface area contributed by atoms with E-state index >= 15 is 0 Å². The standard InChI is InChI=1S/C11H19NO2S/c1-2-11(13)15-10-4-3-5-12-6-8-14-9-7-12/h2H,1,3-10H2. The van der Waals surface area contributed by atoms with Gasteiger partial charge in [-0.25, -0.2) is 0 Å². The first-order valence-corrected chi connectivity index (χ1v) is 6.41. The van der Waals surface area contributed by atoms with Crippen LogP contribution in [0.5, 0.6) is 0 Å². The molecule has 1 saturated heterocycles. The Morgan fingerprint density at radius 2 is 2.13 bits per heavy atom. The lowest BCUT2D eigenvalue weighted by Gasteiger charge is -2.26. The van der Waals surface area contributed by atoms with Crippen LogP contribution < -0.4 is 0 Å². The van der Waals surface area contributed by atoms with Gasteiger partial charge in [-0.3, -0.25) is 9.69 Å². The molecule has 0 amide bonds. The van der Waals surface area contributed by atoms with Gasteiger partial charge in [-0.15, -0.1) is 0 Å². The van der Waals surface area contributed by atoms with Crippen LogP contribution in [0.15, 0.2) is 12.7 Å². The van der Waals surface area contributed by atoms with E-state index < -0.39 is 0 Å². The van der Waals surface area contributed by atoms with Crippen molar-refractivity contribution in [2.75, 3.05) is 38.6 Å². The van der Waals surface area contributed by atoms with E-state index in [0.717, 1.165) is 51.4 Å². The number of rotatable bonds is 6. The molecule has 0 bridgehead atoms. The van der Waals surface area contributed by atoms with Crippen molar-refractivity contribution in [3.63, 3.8) is 0 Å². The predicted octanol–water partition coefficient (Wildman–Crippen LogP) is 1.54. The third kappa shape index (κ3) is 5.97. The number of nitrogens with zero attached hydrogens (tertiary/aromatic N) is 1. The van der Waals surface area contributed by atoms with E-state index in [2.05, 4.69) is 11.5 Å². The van der Waals surface area contributed by atoms with Crippen molar-refractivity contribution >= 4 is 16.9 Å². The van der Waals surface area contributed by atoms with Gasteiger partial charge >= 0.3 is 0 Å². The van der Waals surface area contributed by atoms with E-state index in [1.54, 1.807) is 0 Å². The first kappa shape index (κ1) is 12.7. The van der Waals surface area contributed by atoms with Gasteiger partial charge in [0.05, 0.1) is 13.2 Å². The molecule has 1 aliphatic heterocycles. The lowest BCUT2D eigenvalue weighted by Crippen LogP contribution is -2.36. The normalized spacial score (nSPS) is 17.6. The molecule has 1 heterocycles. The number of unbranched alkanes of at least 4 members (excludes halogenated alkanes) is 1. The Balaban J connectivity index is 1.91. The van der Waals surface area contributed by atoms with E-state index in [1.165, 1.54) is 17.8 Å². The highest BCUT2D eigenvalue weighted by atomic mass is 32.2. The molecule has 0 aromatic rings. The van der Waals surface area contributed by atoms with Crippen LogP contribution in [0.3, 0.4) is 0 Å². The summed E-state index contributed by atoms with van der Waals surface area (Å²) in [7, 11) is 0. The Morgan fingerprint density at radius 1 is 1.40 bits per heavy atom. The SMILES string of the molecule is C=CC(=O)SCCCCN1CCOCC1. The van der Waals surface area contributed by atoms with Crippen molar-refractivity contribution in [2.45, 2.75) is 12.8 Å². The van der Waals surface area contributed by atoms with Gasteiger partial charge in [0.25, 0.3) is 0 Å². The quantitative estimate of drug-likeness (QED) is 0.510. The van der Waals surface area contributed by atoms with Crippen LogP contribution >= 0.6 is 11.8 Å². The lowest BCUT2D eigenvalue weighted by atomic mass is 10.3. The summed E-state index contributed by atoms with van der Waals surface area (Å²) >= 11 is 1.36. The highest BCUT2D eigenvalue weighted by molar-refractivity contribution is 8.14. The summed E-state index contributed by atoms with van der Waals surface area (Å²) in [5.41, 5.74) is 0. The molecule has 1 aliphatic rings. The number of ether oxygens (including phenoxy) is 1. The molecule has 86 valence electrons. The van der Waals surface area contributed by atoms with Crippen LogP contribution in [-0.2, 0) is 9.53 Å². The van der Waals surface area contributed by atoms with Gasteiger partial charge in [0.15, 0.2) is 0 Å². The average Bonchev–Trinajstić information content (AvgIpc) is 2.29. The summed E-state index contributed by atoms with van der Waals surface area (Å²) in [5.74, 6) is 0.912. The molecule has 0 N–H and O–H groups in total. The number of hydrogen-bond donors (Lipinski definition) is 0. The fraction of sp³-hybridized carbons (Fsp3) is 0.727. The zero-order valence-corrected chi connectivity index (χ0v) is 9.93. The Kier molecular flexibility index (Phi) is 6.72. The van der Waals surface area contributed by atoms with E-state index in [1.807, 2.05) is 0 Å². The molecular weight excluding hydrogens is 210 g/mol. The second kappa shape index (κ2) is 7.91. The van der Waals surface area contributed by atoms with Crippen molar-refractivity contribution in [3.8, 4) is 0 Å². The molecule has 1 rings (SSSR count). The van der Waals surface area contributed by atoms with Gasteiger partial charge in [-0.1, -0.05) is 18.3 Å². The van der Waals surface area contributed by atoms with Crippen LogP contribution in [0.25, 0.3) is 0 Å². The van der Waals surface area contributed by atoms with Crippen LogP contribution in [0.2, 0.25) is 0 Å². The van der Waals surface area contributed by atoms with Gasteiger partial charge in [-0.05, 0) is 25.5 Å². The maximum Gasteiger partial charge on any atom is 0.211 e. The van der Waals surface area contributed by atoms with Crippen LogP contribution in [0.4, 0.5) is 0 Å². The summed E-state index contributed by atoms with van der Waals surface area (Å²) in [4.78, 5) is 13.3. The van der Waals surface area contributed by atoms with Crippen molar-refractivity contribution in [1.82, 2.24) is 4.90 Å². The molecule has 4 heteroatoms. The van der Waals surface area contributed by atoms with Gasteiger partial charge < -0.3 is 4.74 Å². The van der Waals surface area contributed by atoms with Crippen molar-refractivity contribution < 1.29 is 9.53 Å². The van der Waals surface area contributed by atoms with E-state index in [-0.39, 0.29) is 5.12 Å². The molecule has 3 nitrogen and oxygen atoms in total. The van der Waals surface area contributed by atoms with Gasteiger partial charge in [0.1, 0.15) is 0 Å². The number of thioether (sulfide) groups is 1. The second-order valence-electron chi connectivity index (χ2n) is 3.53. The topological polar surface area (TPSA) is 29.5 Å². The average molecular weight is 229 g/mol. The summed E-state index contributed by atoms with van der Waals surface area (Å²) in [5, 5.41) is 0.0846. The molecule has 0 atom stereocenters. The zero-order chi connectivity index (χ0) is 10.9. The van der Waals surface area contributed by atoms with Crippen molar-refractivity contribution in [1.29, 1.82) is 0 Å². The van der Waals surface area contributed by atoms with Crippen LogP contribution in [-0.4, -0.2) is 48.6 Å². The molecule has 0 unspecified atom stereocenters. The van der Waals surface area contributed by atoms with E-state index in [9.17, 15) is 4.79 Å². The smallest absolute Gasteiger partial charge is 0.211 e. The third-order valence-corrected chi connectivity index (χ3v) is 3.33. The van der Waals surface area contributed by atoms with Crippen LogP contribution in [0, 0.1) is 0 Å². The predicted molar refractivity (Wildman–Crippen MR) is 64.2 cm³/mol. The maximum atomic E-state index is 10.9. The number of hydrogen-bond acceptors (Lipinski definition) is 4. The minimum Gasteiger partial charge on any atom is -0.379 e. The highest BCUT2D eigenvalue weighted by Crippen LogP contribution is 2.07. The zero-order valence-electron chi connectivity index (χ0n) is 9.11. The van der Waals surface area contributed by atoms with E-state index in [0.29, 0.717) is 0 Å². The Hall–Kier alpha value is -0.320. The number of carbonyl (C=O) groups excluding carboxylic acids is 1. The lowest BCUT2D eigenvalue weighted by molar-refractivity contribution is -0.107. The number of carbonyl (C=O) groups is 1. The Labute approximate surface area is 95.9 Å². The molecule has 0 saturated carbocycles. The van der Waals surface area contributed by atoms with Gasteiger partial charge in [0.2, 0.25) is 5.12 Å². The van der Waals surface area contributed by atoms with Gasteiger partial charge in [0, 0.05) is 18.8 Å². The summed E-state index contributed by atoms with van der Waals surface area (Å²) in [6.07, 6.45) is 3.64. The molecule has 0 aromatic heterocycles. The van der Waals surface area contributed by atoms with E-state index in [4.69, 9.17) is 4.74 Å². The Bertz CT molecular complexity index is 203. The fourth-order valence-electron chi connectivity index (χ4n) is 1.49. The first-order valence-electron chi connectivity index (χ1n) is 5.42.